The Morgan fingerprint density at radius 3 is 2.88 bits per heavy atom. The number of alkyl halides is 2. The fourth-order valence-electron chi connectivity index (χ4n) is 2.83. The van der Waals surface area contributed by atoms with Crippen LogP contribution < -0.4 is 15.5 Å². The van der Waals surface area contributed by atoms with Gasteiger partial charge in [-0.25, -0.2) is 18.2 Å². The van der Waals surface area contributed by atoms with E-state index in [2.05, 4.69) is 20.6 Å². The molecule has 2 aromatic rings. The molecule has 0 radical (unpaired) electrons. The molecular weight excluding hydrogens is 347 g/mol. The second-order valence-corrected chi connectivity index (χ2v) is 5.83. The average molecular weight is 365 g/mol. The van der Waals surface area contributed by atoms with Crippen LogP contribution in [0.2, 0.25) is 0 Å². The number of para-hydroxylation sites is 1. The summed E-state index contributed by atoms with van der Waals surface area (Å²) in [6.45, 7) is -0.144. The monoisotopic (exact) mass is 365 g/mol. The topological polar surface area (TPSA) is 70.2 Å². The summed E-state index contributed by atoms with van der Waals surface area (Å²) in [5.41, 5.74) is 0.268. The summed E-state index contributed by atoms with van der Waals surface area (Å²) in [6, 6.07) is 7.16. The number of benzene rings is 1. The molecule has 1 saturated heterocycles. The Morgan fingerprint density at radius 1 is 1.31 bits per heavy atom. The van der Waals surface area contributed by atoms with Crippen molar-refractivity contribution < 1.29 is 18.0 Å². The van der Waals surface area contributed by atoms with Crippen LogP contribution in [0, 0.1) is 5.82 Å². The summed E-state index contributed by atoms with van der Waals surface area (Å²) in [7, 11) is 0. The van der Waals surface area contributed by atoms with E-state index < -0.39 is 30.7 Å². The minimum Gasteiger partial charge on any atom is -0.349 e. The minimum absolute atomic E-state index is 0.268. The maximum Gasteiger partial charge on any atom is 0.255 e. The van der Waals surface area contributed by atoms with E-state index in [-0.39, 0.29) is 5.69 Å². The summed E-state index contributed by atoms with van der Waals surface area (Å²) in [6.07, 6.45) is 0.154. The van der Waals surface area contributed by atoms with Gasteiger partial charge in [0.15, 0.2) is 0 Å². The van der Waals surface area contributed by atoms with E-state index in [9.17, 15) is 18.0 Å². The zero-order valence-corrected chi connectivity index (χ0v) is 13.8. The number of nitrogens with one attached hydrogen (secondary N) is 2. The van der Waals surface area contributed by atoms with Gasteiger partial charge in [-0.1, -0.05) is 12.1 Å². The number of rotatable bonds is 6. The Balaban J connectivity index is 1.74. The van der Waals surface area contributed by atoms with E-state index in [0.717, 1.165) is 6.42 Å². The normalized spacial score (nSPS) is 16.8. The zero-order valence-electron chi connectivity index (χ0n) is 13.8. The fraction of sp³-hybridized carbons (Fsp3) is 0.353. The molecule has 2 heterocycles. The lowest BCUT2D eigenvalue weighted by Crippen LogP contribution is -2.45. The van der Waals surface area contributed by atoms with Crippen molar-refractivity contribution in [3.05, 3.63) is 42.3 Å². The van der Waals surface area contributed by atoms with Gasteiger partial charge in [-0.2, -0.15) is 4.98 Å². The first-order valence-corrected chi connectivity index (χ1v) is 8.21. The highest BCUT2D eigenvalue weighted by atomic mass is 19.3. The number of anilines is 3. The van der Waals surface area contributed by atoms with E-state index in [0.29, 0.717) is 24.7 Å². The summed E-state index contributed by atoms with van der Waals surface area (Å²) in [5, 5.41) is 5.10. The van der Waals surface area contributed by atoms with Gasteiger partial charge in [-0.15, -0.1) is 0 Å². The molecule has 0 aliphatic carbocycles. The molecule has 1 aliphatic heterocycles. The Labute approximate surface area is 148 Å². The minimum atomic E-state index is -2.60. The van der Waals surface area contributed by atoms with Crippen LogP contribution in [-0.4, -0.2) is 41.4 Å². The van der Waals surface area contributed by atoms with Crippen LogP contribution >= 0.6 is 0 Å². The van der Waals surface area contributed by atoms with Gasteiger partial charge in [0.05, 0.1) is 12.2 Å². The maximum absolute atomic E-state index is 13.8. The molecule has 1 fully saturated rings. The van der Waals surface area contributed by atoms with Crippen molar-refractivity contribution in [1.29, 1.82) is 0 Å². The first kappa shape index (κ1) is 18.0. The van der Waals surface area contributed by atoms with Crippen molar-refractivity contribution in [3.63, 3.8) is 0 Å². The summed E-state index contributed by atoms with van der Waals surface area (Å²) >= 11 is 0. The Kier molecular flexibility index (Phi) is 5.55. The molecule has 3 rings (SSSR count). The molecule has 0 spiro atoms. The van der Waals surface area contributed by atoms with Gasteiger partial charge in [-0.3, -0.25) is 4.79 Å². The number of nitrogens with zero attached hydrogens (tertiary/aromatic N) is 3. The number of amides is 1. The number of carbonyl (C=O) groups is 1. The second kappa shape index (κ2) is 8.03. The summed E-state index contributed by atoms with van der Waals surface area (Å²) in [4.78, 5) is 22.3. The van der Waals surface area contributed by atoms with Crippen LogP contribution in [0.25, 0.3) is 0 Å². The molecular formula is C17H18F3N5O. The van der Waals surface area contributed by atoms with Gasteiger partial charge >= 0.3 is 0 Å². The molecule has 1 unspecified atom stereocenters. The molecule has 2 N–H and O–H groups in total. The predicted molar refractivity (Wildman–Crippen MR) is 91.1 cm³/mol. The van der Waals surface area contributed by atoms with Gasteiger partial charge in [-0.05, 0) is 31.0 Å². The van der Waals surface area contributed by atoms with Crippen LogP contribution in [0.3, 0.4) is 0 Å². The molecule has 6 nitrogen and oxygen atoms in total. The van der Waals surface area contributed by atoms with Crippen LogP contribution in [0.5, 0.6) is 0 Å². The van der Waals surface area contributed by atoms with E-state index in [1.807, 2.05) is 0 Å². The Hall–Kier alpha value is -2.84. The summed E-state index contributed by atoms with van der Waals surface area (Å²) < 4.78 is 38.4. The molecule has 1 aliphatic rings. The first-order valence-electron chi connectivity index (χ1n) is 8.21. The van der Waals surface area contributed by atoms with Crippen LogP contribution in [-0.2, 0) is 4.79 Å². The van der Waals surface area contributed by atoms with E-state index in [1.165, 1.54) is 12.3 Å². The summed E-state index contributed by atoms with van der Waals surface area (Å²) in [5.74, 6) is -0.225. The molecule has 0 saturated carbocycles. The maximum atomic E-state index is 13.8. The molecule has 26 heavy (non-hydrogen) atoms. The first-order chi connectivity index (χ1) is 12.5. The molecule has 1 atom stereocenters. The molecule has 1 aromatic heterocycles. The number of carbonyl (C=O) groups excluding carboxylic acids is 1. The zero-order chi connectivity index (χ0) is 18.5. The van der Waals surface area contributed by atoms with Crippen molar-refractivity contribution in [2.45, 2.75) is 25.3 Å². The number of aromatic nitrogens is 2. The lowest BCUT2D eigenvalue weighted by molar-refractivity contribution is -0.122. The molecule has 0 bridgehead atoms. The number of hydrogen-bond donors (Lipinski definition) is 2. The van der Waals surface area contributed by atoms with Gasteiger partial charge < -0.3 is 15.5 Å². The largest absolute Gasteiger partial charge is 0.349 e. The van der Waals surface area contributed by atoms with Crippen molar-refractivity contribution in [2.75, 3.05) is 23.3 Å². The SMILES string of the molecule is O=C(NCC(F)F)C1CCCN1c1nccc(Nc2ccccc2F)n1. The number of hydrogen-bond acceptors (Lipinski definition) is 5. The van der Waals surface area contributed by atoms with Gasteiger partial charge in [0.25, 0.3) is 6.43 Å². The van der Waals surface area contributed by atoms with E-state index in [4.69, 9.17) is 0 Å². The highest BCUT2D eigenvalue weighted by molar-refractivity contribution is 5.85. The highest BCUT2D eigenvalue weighted by Crippen LogP contribution is 2.25. The van der Waals surface area contributed by atoms with Crippen LogP contribution in [0.4, 0.5) is 30.6 Å². The van der Waals surface area contributed by atoms with Crippen molar-refractivity contribution >= 4 is 23.4 Å². The van der Waals surface area contributed by atoms with Crippen LogP contribution in [0.15, 0.2) is 36.5 Å². The lowest BCUT2D eigenvalue weighted by Gasteiger charge is -2.24. The van der Waals surface area contributed by atoms with Crippen molar-refractivity contribution in [2.24, 2.45) is 0 Å². The third-order valence-corrected chi connectivity index (χ3v) is 4.02. The van der Waals surface area contributed by atoms with Crippen molar-refractivity contribution in [3.8, 4) is 0 Å². The van der Waals surface area contributed by atoms with Gasteiger partial charge in [0, 0.05) is 12.7 Å². The predicted octanol–water partition coefficient (Wildman–Crippen LogP) is 2.71. The quantitative estimate of drug-likeness (QED) is 0.824. The Bertz CT molecular complexity index is 774. The third kappa shape index (κ3) is 4.22. The average Bonchev–Trinajstić information content (AvgIpc) is 3.12. The third-order valence-electron chi connectivity index (χ3n) is 4.02. The Morgan fingerprint density at radius 2 is 2.12 bits per heavy atom. The number of halogens is 3. The molecule has 9 heteroatoms. The molecule has 138 valence electrons. The van der Waals surface area contributed by atoms with E-state index >= 15 is 0 Å². The van der Waals surface area contributed by atoms with Gasteiger partial charge in [0.1, 0.15) is 17.7 Å². The lowest BCUT2D eigenvalue weighted by atomic mass is 10.2. The molecule has 1 amide bonds. The fourth-order valence-corrected chi connectivity index (χ4v) is 2.83. The standard InChI is InChI=1S/C17H18F3N5O/c18-11-4-1-2-5-12(11)23-15-7-8-21-17(24-15)25-9-3-6-13(25)16(26)22-10-14(19)20/h1-2,4-5,7-8,13-14H,3,6,9-10H2,(H,22,26)(H,21,23,24). The smallest absolute Gasteiger partial charge is 0.255 e. The highest BCUT2D eigenvalue weighted by Gasteiger charge is 2.32. The van der Waals surface area contributed by atoms with Crippen LogP contribution in [0.1, 0.15) is 12.8 Å². The van der Waals surface area contributed by atoms with E-state index in [1.54, 1.807) is 29.2 Å². The second-order valence-electron chi connectivity index (χ2n) is 5.83. The van der Waals surface area contributed by atoms with Crippen molar-refractivity contribution in [1.82, 2.24) is 15.3 Å². The molecule has 1 aromatic carbocycles. The van der Waals surface area contributed by atoms with Gasteiger partial charge in [0.2, 0.25) is 11.9 Å².